The molecule has 0 aliphatic carbocycles. The molecule has 2 rings (SSSR count). The van der Waals surface area contributed by atoms with Gasteiger partial charge in [-0.2, -0.15) is 0 Å². The number of ether oxygens (including phenoxy) is 1. The molecule has 0 radical (unpaired) electrons. The molecule has 1 aromatic carbocycles. The van der Waals surface area contributed by atoms with E-state index in [1.54, 1.807) is 0 Å². The SMILES string of the molecule is COc1ccc(C(=O)O)cc1NC(=O)c1sccc1C. The molecule has 2 aromatic rings. The molecule has 1 amide bonds. The molecule has 20 heavy (non-hydrogen) atoms. The summed E-state index contributed by atoms with van der Waals surface area (Å²) in [7, 11) is 1.46. The molecule has 5 nitrogen and oxygen atoms in total. The molecule has 0 fully saturated rings. The Balaban J connectivity index is 2.32. The molecule has 0 spiro atoms. The average Bonchev–Trinajstić information content (AvgIpc) is 2.84. The summed E-state index contributed by atoms with van der Waals surface area (Å²) in [6, 6.07) is 6.17. The van der Waals surface area contributed by atoms with Crippen LogP contribution in [0.5, 0.6) is 5.75 Å². The van der Waals surface area contributed by atoms with Crippen LogP contribution in [0.15, 0.2) is 29.6 Å². The quantitative estimate of drug-likeness (QED) is 0.908. The van der Waals surface area contributed by atoms with Crippen molar-refractivity contribution >= 4 is 28.9 Å². The van der Waals surface area contributed by atoms with Crippen LogP contribution in [0.2, 0.25) is 0 Å². The Morgan fingerprint density at radius 2 is 2.05 bits per heavy atom. The maximum Gasteiger partial charge on any atom is 0.335 e. The Labute approximate surface area is 119 Å². The van der Waals surface area contributed by atoms with Crippen LogP contribution in [0.3, 0.4) is 0 Å². The number of amides is 1. The van der Waals surface area contributed by atoms with Gasteiger partial charge in [0.15, 0.2) is 0 Å². The third kappa shape index (κ3) is 2.80. The number of benzene rings is 1. The molecule has 0 atom stereocenters. The minimum absolute atomic E-state index is 0.0870. The van der Waals surface area contributed by atoms with Crippen LogP contribution in [-0.4, -0.2) is 24.1 Å². The van der Waals surface area contributed by atoms with Crippen molar-refractivity contribution in [1.82, 2.24) is 0 Å². The molecular weight excluding hydrogens is 278 g/mol. The Morgan fingerprint density at radius 3 is 2.60 bits per heavy atom. The largest absolute Gasteiger partial charge is 0.495 e. The number of carbonyl (C=O) groups excluding carboxylic acids is 1. The molecule has 0 saturated heterocycles. The van der Waals surface area contributed by atoms with Gasteiger partial charge >= 0.3 is 5.97 Å². The van der Waals surface area contributed by atoms with Gasteiger partial charge in [0.1, 0.15) is 5.75 Å². The van der Waals surface area contributed by atoms with Crippen molar-refractivity contribution in [2.75, 3.05) is 12.4 Å². The summed E-state index contributed by atoms with van der Waals surface area (Å²) in [5.41, 5.74) is 1.30. The van der Waals surface area contributed by atoms with E-state index in [-0.39, 0.29) is 11.5 Å². The van der Waals surface area contributed by atoms with Gasteiger partial charge in [-0.15, -0.1) is 11.3 Å². The number of carbonyl (C=O) groups is 2. The van der Waals surface area contributed by atoms with Crippen molar-refractivity contribution in [3.05, 3.63) is 45.6 Å². The zero-order chi connectivity index (χ0) is 14.7. The lowest BCUT2D eigenvalue weighted by Gasteiger charge is -2.10. The first kappa shape index (κ1) is 14.1. The number of hydrogen-bond acceptors (Lipinski definition) is 4. The van der Waals surface area contributed by atoms with E-state index in [0.717, 1.165) is 5.56 Å². The highest BCUT2D eigenvalue weighted by Crippen LogP contribution is 2.27. The topological polar surface area (TPSA) is 75.6 Å². The number of carboxylic acid groups (broad SMARTS) is 1. The second-order valence-corrected chi connectivity index (χ2v) is 5.02. The van der Waals surface area contributed by atoms with Gasteiger partial charge in [0.25, 0.3) is 5.91 Å². The zero-order valence-corrected chi connectivity index (χ0v) is 11.8. The fraction of sp³-hybridized carbons (Fsp3) is 0.143. The third-order valence-corrected chi connectivity index (χ3v) is 3.78. The normalized spacial score (nSPS) is 10.1. The summed E-state index contributed by atoms with van der Waals surface area (Å²) in [5, 5.41) is 13.5. The number of rotatable bonds is 4. The lowest BCUT2D eigenvalue weighted by atomic mass is 10.2. The van der Waals surface area contributed by atoms with Crippen LogP contribution in [0.4, 0.5) is 5.69 Å². The predicted molar refractivity (Wildman–Crippen MR) is 77.0 cm³/mol. The zero-order valence-electron chi connectivity index (χ0n) is 11.0. The highest BCUT2D eigenvalue weighted by molar-refractivity contribution is 7.12. The minimum Gasteiger partial charge on any atom is -0.495 e. The number of nitrogens with one attached hydrogen (secondary N) is 1. The maximum atomic E-state index is 12.1. The average molecular weight is 291 g/mol. The number of hydrogen-bond donors (Lipinski definition) is 2. The van der Waals surface area contributed by atoms with Crippen molar-refractivity contribution in [2.45, 2.75) is 6.92 Å². The summed E-state index contributed by atoms with van der Waals surface area (Å²) in [6.07, 6.45) is 0. The van der Waals surface area contributed by atoms with Crippen LogP contribution >= 0.6 is 11.3 Å². The monoisotopic (exact) mass is 291 g/mol. The molecule has 0 bridgehead atoms. The highest BCUT2D eigenvalue weighted by Gasteiger charge is 2.15. The smallest absolute Gasteiger partial charge is 0.335 e. The lowest BCUT2D eigenvalue weighted by molar-refractivity contribution is 0.0696. The van der Waals surface area contributed by atoms with Crippen molar-refractivity contribution in [3.8, 4) is 5.75 Å². The number of anilines is 1. The Morgan fingerprint density at radius 1 is 1.30 bits per heavy atom. The van der Waals surface area contributed by atoms with Gasteiger partial charge in [0.05, 0.1) is 23.2 Å². The van der Waals surface area contributed by atoms with Crippen molar-refractivity contribution in [1.29, 1.82) is 0 Å². The number of aromatic carboxylic acids is 1. The molecule has 6 heteroatoms. The second kappa shape index (κ2) is 5.75. The first-order valence-electron chi connectivity index (χ1n) is 5.79. The summed E-state index contributed by atoms with van der Waals surface area (Å²) in [4.78, 5) is 23.7. The van der Waals surface area contributed by atoms with Gasteiger partial charge < -0.3 is 15.2 Å². The Hall–Kier alpha value is -2.34. The van der Waals surface area contributed by atoms with E-state index in [1.165, 1.54) is 36.6 Å². The third-order valence-electron chi connectivity index (χ3n) is 2.76. The van der Waals surface area contributed by atoms with Gasteiger partial charge in [-0.05, 0) is 42.1 Å². The first-order valence-corrected chi connectivity index (χ1v) is 6.67. The standard InChI is InChI=1S/C14H13NO4S/c1-8-5-6-20-12(8)13(16)15-10-7-9(14(17)18)3-4-11(10)19-2/h3-7H,1-2H3,(H,15,16)(H,17,18). The number of thiophene rings is 1. The number of methoxy groups -OCH3 is 1. The van der Waals surface area contributed by atoms with E-state index in [0.29, 0.717) is 16.3 Å². The fourth-order valence-corrected chi connectivity index (χ4v) is 2.54. The lowest BCUT2D eigenvalue weighted by Crippen LogP contribution is -2.13. The van der Waals surface area contributed by atoms with E-state index in [9.17, 15) is 9.59 Å². The molecular formula is C14H13NO4S. The van der Waals surface area contributed by atoms with Gasteiger partial charge in [-0.3, -0.25) is 4.79 Å². The van der Waals surface area contributed by atoms with Gasteiger partial charge in [0, 0.05) is 0 Å². The first-order chi connectivity index (χ1) is 9.52. The van der Waals surface area contributed by atoms with Crippen LogP contribution in [0.1, 0.15) is 25.6 Å². The maximum absolute atomic E-state index is 12.1. The molecule has 1 aromatic heterocycles. The van der Waals surface area contributed by atoms with Crippen LogP contribution in [0.25, 0.3) is 0 Å². The van der Waals surface area contributed by atoms with Gasteiger partial charge in [-0.1, -0.05) is 0 Å². The summed E-state index contributed by atoms with van der Waals surface area (Å²) < 4.78 is 5.12. The van der Waals surface area contributed by atoms with Gasteiger partial charge in [-0.25, -0.2) is 4.79 Å². The van der Waals surface area contributed by atoms with Gasteiger partial charge in [0.2, 0.25) is 0 Å². The molecule has 104 valence electrons. The van der Waals surface area contributed by atoms with Crippen LogP contribution in [0, 0.1) is 6.92 Å². The summed E-state index contributed by atoms with van der Waals surface area (Å²) in [6.45, 7) is 1.84. The van der Waals surface area contributed by atoms with E-state index in [1.807, 2.05) is 18.4 Å². The van der Waals surface area contributed by atoms with Crippen LogP contribution < -0.4 is 10.1 Å². The van der Waals surface area contributed by atoms with Crippen LogP contribution in [-0.2, 0) is 0 Å². The Kier molecular flexibility index (Phi) is 4.05. The van der Waals surface area contributed by atoms with E-state index in [4.69, 9.17) is 9.84 Å². The molecule has 0 unspecified atom stereocenters. The van der Waals surface area contributed by atoms with E-state index >= 15 is 0 Å². The fourth-order valence-electron chi connectivity index (χ4n) is 1.72. The van der Waals surface area contributed by atoms with E-state index < -0.39 is 5.97 Å². The van der Waals surface area contributed by atoms with E-state index in [2.05, 4.69) is 5.32 Å². The highest BCUT2D eigenvalue weighted by atomic mass is 32.1. The Bertz CT molecular complexity index is 663. The minimum atomic E-state index is -1.06. The second-order valence-electron chi connectivity index (χ2n) is 4.11. The molecule has 2 N–H and O–H groups in total. The number of aryl methyl sites for hydroxylation is 1. The predicted octanol–water partition coefficient (Wildman–Crippen LogP) is 3.02. The molecule has 0 aliphatic rings. The number of carboxylic acids is 1. The summed E-state index contributed by atoms with van der Waals surface area (Å²) in [5.74, 6) is -0.925. The van der Waals surface area contributed by atoms with Crippen molar-refractivity contribution in [2.24, 2.45) is 0 Å². The van der Waals surface area contributed by atoms with Crippen molar-refractivity contribution in [3.63, 3.8) is 0 Å². The molecule has 0 saturated carbocycles. The molecule has 0 aliphatic heterocycles. The summed E-state index contributed by atoms with van der Waals surface area (Å²) >= 11 is 1.33. The van der Waals surface area contributed by atoms with Crippen molar-refractivity contribution < 1.29 is 19.4 Å². The molecule has 1 heterocycles.